The Morgan fingerprint density at radius 1 is 1.27 bits per heavy atom. The van der Waals surface area contributed by atoms with E-state index in [0.29, 0.717) is 29.7 Å². The average Bonchev–Trinajstić information content (AvgIpc) is 2.70. The van der Waals surface area contributed by atoms with E-state index >= 15 is 0 Å². The number of hydrogen-bond donors (Lipinski definition) is 1. The third kappa shape index (κ3) is 4.58. The van der Waals surface area contributed by atoms with Gasteiger partial charge in [0.15, 0.2) is 0 Å². The zero-order valence-electron chi connectivity index (χ0n) is 17.7. The Hall–Kier alpha value is -3.03. The van der Waals surface area contributed by atoms with Crippen molar-refractivity contribution in [3.05, 3.63) is 50.9 Å². The van der Waals surface area contributed by atoms with Crippen LogP contribution in [0.4, 0.5) is 5.69 Å². The second kappa shape index (κ2) is 9.19. The molecule has 1 aromatic heterocycles. The van der Waals surface area contributed by atoms with Crippen molar-refractivity contribution in [2.45, 2.75) is 45.1 Å². The van der Waals surface area contributed by atoms with Crippen molar-refractivity contribution in [2.75, 3.05) is 19.4 Å². The zero-order valence-corrected chi connectivity index (χ0v) is 18.5. The number of rotatable bonds is 7. The predicted octanol–water partition coefficient (Wildman–Crippen LogP) is 1.44. The Labute approximate surface area is 176 Å². The molecule has 0 saturated carbocycles. The lowest BCUT2D eigenvalue weighted by Gasteiger charge is -2.15. The summed E-state index contributed by atoms with van der Waals surface area (Å²) in [5.74, 6) is -0.558. The van der Waals surface area contributed by atoms with E-state index in [1.807, 2.05) is 19.9 Å². The van der Waals surface area contributed by atoms with Gasteiger partial charge in [-0.15, -0.1) is 0 Å². The molecule has 0 fully saturated rings. The quantitative estimate of drug-likeness (QED) is 0.707. The number of carbonyl (C=O) groups excluding carboxylic acids is 1. The van der Waals surface area contributed by atoms with Crippen LogP contribution in [0.3, 0.4) is 0 Å². The summed E-state index contributed by atoms with van der Waals surface area (Å²) >= 11 is 0. The summed E-state index contributed by atoms with van der Waals surface area (Å²) in [4.78, 5) is 25.1. The summed E-state index contributed by atoms with van der Waals surface area (Å²) in [6, 6.07) is 6.46. The second-order valence-corrected chi connectivity index (χ2v) is 9.02. The van der Waals surface area contributed by atoms with Gasteiger partial charge in [0.25, 0.3) is 5.56 Å². The third-order valence-corrected chi connectivity index (χ3v) is 6.62. The zero-order chi connectivity index (χ0) is 22.6. The summed E-state index contributed by atoms with van der Waals surface area (Å²) in [6.45, 7) is 4.96. The van der Waals surface area contributed by atoms with Crippen LogP contribution in [0.25, 0.3) is 0 Å². The first kappa shape index (κ1) is 23.3. The van der Waals surface area contributed by atoms with Gasteiger partial charge in [-0.05, 0) is 43.0 Å². The maximum absolute atomic E-state index is 12.6. The van der Waals surface area contributed by atoms with Crippen molar-refractivity contribution in [1.82, 2.24) is 14.1 Å². The highest BCUT2D eigenvalue weighted by atomic mass is 32.2. The van der Waals surface area contributed by atoms with E-state index in [4.69, 9.17) is 0 Å². The third-order valence-electron chi connectivity index (χ3n) is 4.66. The molecule has 9 nitrogen and oxygen atoms in total. The number of sulfonamides is 1. The molecule has 0 aliphatic rings. The van der Waals surface area contributed by atoms with Crippen molar-refractivity contribution in [3.63, 3.8) is 0 Å². The molecule has 1 heterocycles. The summed E-state index contributed by atoms with van der Waals surface area (Å²) in [5.41, 5.74) is 1.38. The van der Waals surface area contributed by atoms with Gasteiger partial charge in [0.2, 0.25) is 15.9 Å². The van der Waals surface area contributed by atoms with Crippen LogP contribution in [0.2, 0.25) is 0 Å². The van der Waals surface area contributed by atoms with Crippen molar-refractivity contribution >= 4 is 21.6 Å². The van der Waals surface area contributed by atoms with Gasteiger partial charge in [0, 0.05) is 19.8 Å². The Kier molecular flexibility index (Phi) is 7.12. The molecule has 0 bridgehead atoms. The molecule has 30 heavy (non-hydrogen) atoms. The van der Waals surface area contributed by atoms with Gasteiger partial charge in [-0.3, -0.25) is 9.59 Å². The average molecular weight is 432 g/mol. The Bertz CT molecular complexity index is 1180. The van der Waals surface area contributed by atoms with Crippen LogP contribution >= 0.6 is 0 Å². The highest BCUT2D eigenvalue weighted by molar-refractivity contribution is 7.89. The lowest BCUT2D eigenvalue weighted by molar-refractivity contribution is -0.117. The maximum atomic E-state index is 12.6. The van der Waals surface area contributed by atoms with Crippen LogP contribution in [0, 0.1) is 18.3 Å². The smallest absolute Gasteiger partial charge is 0.285 e. The van der Waals surface area contributed by atoms with Crippen molar-refractivity contribution < 1.29 is 13.2 Å². The van der Waals surface area contributed by atoms with Crippen LogP contribution in [0.15, 0.2) is 27.9 Å². The van der Waals surface area contributed by atoms with Crippen LogP contribution in [0.1, 0.15) is 36.2 Å². The maximum Gasteiger partial charge on any atom is 0.285 e. The first-order valence-electron chi connectivity index (χ1n) is 9.42. The molecule has 1 aromatic carbocycles. The van der Waals surface area contributed by atoms with Crippen LogP contribution in [-0.2, 0) is 34.2 Å². The summed E-state index contributed by atoms with van der Waals surface area (Å²) in [5, 5.41) is 16.2. The van der Waals surface area contributed by atoms with Gasteiger partial charge in [-0.1, -0.05) is 19.9 Å². The van der Waals surface area contributed by atoms with E-state index < -0.39 is 28.0 Å². The number of nitrogens with one attached hydrogen (secondary N) is 1. The molecule has 0 aliphatic carbocycles. The van der Waals surface area contributed by atoms with Gasteiger partial charge < -0.3 is 5.32 Å². The number of hydrogen-bond acceptors (Lipinski definition) is 6. The highest BCUT2D eigenvalue weighted by Crippen LogP contribution is 2.22. The van der Waals surface area contributed by atoms with Gasteiger partial charge in [-0.2, -0.15) is 10.4 Å². The molecular weight excluding hydrogens is 406 g/mol. The minimum absolute atomic E-state index is 0.00755. The van der Waals surface area contributed by atoms with Crippen LogP contribution in [0.5, 0.6) is 0 Å². The number of amides is 1. The number of anilines is 1. The topological polar surface area (TPSA) is 125 Å². The lowest BCUT2D eigenvalue weighted by atomic mass is 10.0. The minimum Gasteiger partial charge on any atom is -0.324 e. The van der Waals surface area contributed by atoms with E-state index in [0.717, 1.165) is 8.99 Å². The van der Waals surface area contributed by atoms with E-state index in [1.165, 1.54) is 20.2 Å². The first-order chi connectivity index (χ1) is 14.1. The number of benzene rings is 1. The Morgan fingerprint density at radius 3 is 2.47 bits per heavy atom. The SMILES string of the molecule is CCc1nn(CC(=O)Nc2ccc(C)c(S(=O)(=O)N(C)C)c2)c(=O)c(C#N)c1CC. The number of nitriles is 1. The molecule has 2 aromatic rings. The van der Waals surface area contributed by atoms with Crippen molar-refractivity contribution in [1.29, 1.82) is 5.26 Å². The number of nitrogens with zero attached hydrogens (tertiary/aromatic N) is 4. The standard InChI is InChI=1S/C20H25N5O4S/c1-6-15-16(11-21)20(27)25(23-17(15)7-2)12-19(26)22-14-9-8-13(3)18(10-14)30(28,29)24(4)5/h8-10H,6-7,12H2,1-5H3,(H,22,26). The van der Waals surface area contributed by atoms with E-state index in [1.54, 1.807) is 19.1 Å². The Morgan fingerprint density at radius 2 is 1.93 bits per heavy atom. The molecule has 0 atom stereocenters. The van der Waals surface area contributed by atoms with E-state index in [-0.39, 0.29) is 16.1 Å². The first-order valence-corrected chi connectivity index (χ1v) is 10.9. The van der Waals surface area contributed by atoms with Crippen molar-refractivity contribution in [2.24, 2.45) is 0 Å². The van der Waals surface area contributed by atoms with E-state index in [9.17, 15) is 23.3 Å². The monoisotopic (exact) mass is 431 g/mol. The van der Waals surface area contributed by atoms with Gasteiger partial charge in [0.1, 0.15) is 18.2 Å². The van der Waals surface area contributed by atoms with Crippen LogP contribution in [-0.4, -0.2) is 42.5 Å². The molecule has 0 spiro atoms. The molecule has 1 amide bonds. The van der Waals surface area contributed by atoms with Gasteiger partial charge in [0.05, 0.1) is 10.6 Å². The molecule has 0 saturated heterocycles. The Balaban J connectivity index is 2.36. The number of aromatic nitrogens is 2. The summed E-state index contributed by atoms with van der Waals surface area (Å²) < 4.78 is 27.0. The van der Waals surface area contributed by atoms with Crippen LogP contribution < -0.4 is 10.9 Å². The molecule has 0 radical (unpaired) electrons. The second-order valence-electron chi connectivity index (χ2n) is 6.90. The fraction of sp³-hybridized carbons (Fsp3) is 0.400. The molecule has 10 heteroatoms. The normalized spacial score (nSPS) is 11.4. The largest absolute Gasteiger partial charge is 0.324 e. The van der Waals surface area contributed by atoms with Crippen molar-refractivity contribution in [3.8, 4) is 6.07 Å². The highest BCUT2D eigenvalue weighted by Gasteiger charge is 2.21. The number of carbonyl (C=O) groups is 1. The fourth-order valence-electron chi connectivity index (χ4n) is 3.03. The van der Waals surface area contributed by atoms with E-state index in [2.05, 4.69) is 10.4 Å². The lowest BCUT2D eigenvalue weighted by Crippen LogP contribution is -2.33. The molecule has 2 rings (SSSR count). The molecular formula is C20H25N5O4S. The molecule has 1 N–H and O–H groups in total. The summed E-state index contributed by atoms with van der Waals surface area (Å²) in [6.07, 6.45) is 1.01. The van der Waals surface area contributed by atoms with Gasteiger partial charge >= 0.3 is 0 Å². The predicted molar refractivity (Wildman–Crippen MR) is 113 cm³/mol. The van der Waals surface area contributed by atoms with Gasteiger partial charge in [-0.25, -0.2) is 17.4 Å². The fourth-order valence-corrected chi connectivity index (χ4v) is 4.17. The minimum atomic E-state index is -3.68. The summed E-state index contributed by atoms with van der Waals surface area (Å²) in [7, 11) is -0.825. The molecule has 0 aliphatic heterocycles. The number of aryl methyl sites for hydroxylation is 2. The molecule has 160 valence electrons. The molecule has 0 unspecified atom stereocenters.